The number of rotatable bonds is 7. The first-order valence-corrected chi connectivity index (χ1v) is 14.2. The molecular weight excluding hydrogens is 482 g/mol. The lowest BCUT2D eigenvalue weighted by molar-refractivity contribution is -0.115. The Balaban J connectivity index is 1.19. The first-order chi connectivity index (χ1) is 17.0. The Morgan fingerprint density at radius 1 is 0.914 bits per heavy atom. The highest BCUT2D eigenvalue weighted by atomic mass is 32.2. The van der Waals surface area contributed by atoms with Gasteiger partial charge in [-0.05, 0) is 60.7 Å². The van der Waals surface area contributed by atoms with E-state index < -0.39 is 10.0 Å². The van der Waals surface area contributed by atoms with Crippen LogP contribution in [0.25, 0.3) is 16.6 Å². The molecule has 10 heteroatoms. The minimum absolute atomic E-state index is 0.140. The smallest absolute Gasteiger partial charge is 0.243 e. The molecule has 0 atom stereocenters. The van der Waals surface area contributed by atoms with E-state index in [9.17, 15) is 13.2 Å². The van der Waals surface area contributed by atoms with Crippen LogP contribution in [-0.4, -0.2) is 52.1 Å². The number of nitrogens with zero attached hydrogens (tertiary/aromatic N) is 4. The molecule has 1 aliphatic rings. The highest BCUT2D eigenvalue weighted by molar-refractivity contribution is 7.99. The number of carbonyl (C=O) groups excluding carboxylic acids is 1. The van der Waals surface area contributed by atoms with Gasteiger partial charge < -0.3 is 5.32 Å². The number of amides is 1. The molecule has 1 N–H and O–H groups in total. The number of carbonyl (C=O) groups is 1. The number of hydrogen-bond acceptors (Lipinski definition) is 6. The molecule has 0 saturated carbocycles. The fraction of sp³-hybridized carbons (Fsp3) is 0.320. The minimum atomic E-state index is -3.50. The van der Waals surface area contributed by atoms with Gasteiger partial charge in [0, 0.05) is 31.0 Å². The quantitative estimate of drug-likeness (QED) is 0.367. The summed E-state index contributed by atoms with van der Waals surface area (Å²) in [5.41, 5.74) is 2.37. The molecule has 2 aromatic carbocycles. The van der Waals surface area contributed by atoms with E-state index in [1.54, 1.807) is 28.6 Å². The third-order valence-corrected chi connectivity index (χ3v) is 8.99. The molecule has 0 spiro atoms. The van der Waals surface area contributed by atoms with E-state index in [4.69, 9.17) is 0 Å². The number of aromatic nitrogens is 3. The van der Waals surface area contributed by atoms with Crippen LogP contribution in [0.15, 0.2) is 70.7 Å². The second-order valence-electron chi connectivity index (χ2n) is 8.56. The van der Waals surface area contributed by atoms with Gasteiger partial charge in [-0.25, -0.2) is 8.42 Å². The van der Waals surface area contributed by atoms with Gasteiger partial charge in [0.1, 0.15) is 0 Å². The van der Waals surface area contributed by atoms with Gasteiger partial charge in [0.2, 0.25) is 15.9 Å². The van der Waals surface area contributed by atoms with Gasteiger partial charge in [-0.2, -0.15) is 4.31 Å². The first-order valence-electron chi connectivity index (χ1n) is 11.8. The third kappa shape index (κ3) is 5.19. The van der Waals surface area contributed by atoms with Crippen molar-refractivity contribution in [1.29, 1.82) is 0 Å². The average molecular weight is 510 g/mol. The standard InChI is InChI=1S/C25H27N5O3S2/c31-24(15-18-34-25-28-27-23-14-9-19-7-3-4-8-22(19)30(23)25)26-20-10-12-21(13-11-20)35(32,33)29-16-5-1-2-6-17-29/h3-4,7-14H,1-2,5-6,15-18H2,(H,26,31). The van der Waals surface area contributed by atoms with Crippen molar-refractivity contribution >= 4 is 49.9 Å². The molecule has 0 unspecified atom stereocenters. The number of pyridine rings is 1. The van der Waals surface area contributed by atoms with Crippen molar-refractivity contribution in [3.05, 3.63) is 60.7 Å². The molecule has 3 heterocycles. The molecule has 0 bridgehead atoms. The average Bonchev–Trinajstić information content (AvgIpc) is 3.08. The highest BCUT2D eigenvalue weighted by Crippen LogP contribution is 2.24. The van der Waals surface area contributed by atoms with E-state index in [0.717, 1.165) is 47.4 Å². The van der Waals surface area contributed by atoms with Gasteiger partial charge in [-0.15, -0.1) is 10.2 Å². The Morgan fingerprint density at radius 3 is 2.43 bits per heavy atom. The van der Waals surface area contributed by atoms with Crippen molar-refractivity contribution in [2.45, 2.75) is 42.2 Å². The lowest BCUT2D eigenvalue weighted by Crippen LogP contribution is -2.31. The molecule has 0 radical (unpaired) electrons. The lowest BCUT2D eigenvalue weighted by atomic mass is 10.2. The molecule has 2 aromatic heterocycles. The molecule has 1 saturated heterocycles. The predicted octanol–water partition coefficient (Wildman–Crippen LogP) is 4.57. The normalized spacial score (nSPS) is 15.3. The minimum Gasteiger partial charge on any atom is -0.326 e. The fourth-order valence-corrected chi connectivity index (χ4v) is 6.71. The molecule has 1 fully saturated rings. The van der Waals surface area contributed by atoms with E-state index >= 15 is 0 Å². The number of anilines is 1. The van der Waals surface area contributed by atoms with Crippen LogP contribution in [0.2, 0.25) is 0 Å². The SMILES string of the molecule is O=C(CCSc1nnc2ccc3ccccc3n12)Nc1ccc(S(=O)(=O)N2CCCCCC2)cc1. The van der Waals surface area contributed by atoms with Crippen LogP contribution in [0.5, 0.6) is 0 Å². The zero-order chi connectivity index (χ0) is 24.3. The fourth-order valence-electron chi connectivity index (χ4n) is 4.31. The number of benzene rings is 2. The Labute approximate surface area is 208 Å². The van der Waals surface area contributed by atoms with Crippen LogP contribution >= 0.6 is 11.8 Å². The number of nitrogens with one attached hydrogen (secondary N) is 1. The summed E-state index contributed by atoms with van der Waals surface area (Å²) in [6.07, 6.45) is 4.22. The zero-order valence-corrected chi connectivity index (χ0v) is 20.9. The third-order valence-electron chi connectivity index (χ3n) is 6.15. The molecule has 0 aliphatic carbocycles. The molecule has 8 nitrogen and oxygen atoms in total. The Bertz CT molecular complexity index is 1440. The predicted molar refractivity (Wildman–Crippen MR) is 138 cm³/mol. The van der Waals surface area contributed by atoms with Crippen LogP contribution in [0.3, 0.4) is 0 Å². The van der Waals surface area contributed by atoms with E-state index in [1.165, 1.54) is 11.8 Å². The van der Waals surface area contributed by atoms with E-state index in [1.807, 2.05) is 40.8 Å². The van der Waals surface area contributed by atoms with Gasteiger partial charge >= 0.3 is 0 Å². The Kier molecular flexibility index (Phi) is 7.03. The van der Waals surface area contributed by atoms with Crippen molar-refractivity contribution in [3.63, 3.8) is 0 Å². The van der Waals surface area contributed by atoms with Crippen molar-refractivity contribution in [3.8, 4) is 0 Å². The van der Waals surface area contributed by atoms with E-state index in [0.29, 0.717) is 24.5 Å². The van der Waals surface area contributed by atoms with Gasteiger partial charge in [-0.1, -0.05) is 42.8 Å². The molecule has 35 heavy (non-hydrogen) atoms. The number of thioether (sulfide) groups is 1. The molecule has 1 amide bonds. The largest absolute Gasteiger partial charge is 0.326 e. The number of hydrogen-bond donors (Lipinski definition) is 1. The Morgan fingerprint density at radius 2 is 1.66 bits per heavy atom. The topological polar surface area (TPSA) is 96.7 Å². The van der Waals surface area contributed by atoms with Crippen LogP contribution < -0.4 is 5.32 Å². The summed E-state index contributed by atoms with van der Waals surface area (Å²) in [5, 5.41) is 13.2. The van der Waals surface area contributed by atoms with Crippen molar-refractivity contribution in [2.24, 2.45) is 0 Å². The summed E-state index contributed by atoms with van der Waals surface area (Å²) in [5.74, 6) is 0.399. The molecule has 182 valence electrons. The maximum absolute atomic E-state index is 12.9. The molecule has 1 aliphatic heterocycles. The second-order valence-corrected chi connectivity index (χ2v) is 11.6. The maximum Gasteiger partial charge on any atom is 0.243 e. The number of fused-ring (bicyclic) bond motifs is 3. The van der Waals surface area contributed by atoms with Gasteiger partial charge in [-0.3, -0.25) is 9.20 Å². The van der Waals surface area contributed by atoms with Crippen molar-refractivity contribution in [2.75, 3.05) is 24.2 Å². The summed E-state index contributed by atoms with van der Waals surface area (Å²) in [6.45, 7) is 1.13. The Hall–Kier alpha value is -2.95. The first kappa shape index (κ1) is 23.8. The van der Waals surface area contributed by atoms with Gasteiger partial charge in [0.25, 0.3) is 0 Å². The monoisotopic (exact) mass is 509 g/mol. The summed E-state index contributed by atoms with van der Waals surface area (Å²) in [6, 6.07) is 18.4. The summed E-state index contributed by atoms with van der Waals surface area (Å²) < 4.78 is 29.4. The maximum atomic E-state index is 12.9. The van der Waals surface area contributed by atoms with E-state index in [2.05, 4.69) is 15.5 Å². The van der Waals surface area contributed by atoms with E-state index in [-0.39, 0.29) is 17.2 Å². The summed E-state index contributed by atoms with van der Waals surface area (Å²) in [7, 11) is -3.50. The van der Waals surface area contributed by atoms with Crippen LogP contribution in [0.1, 0.15) is 32.1 Å². The second kappa shape index (κ2) is 10.3. The van der Waals surface area contributed by atoms with Crippen molar-refractivity contribution < 1.29 is 13.2 Å². The zero-order valence-electron chi connectivity index (χ0n) is 19.3. The summed E-state index contributed by atoms with van der Waals surface area (Å²) in [4.78, 5) is 12.8. The molecular formula is C25H27N5O3S2. The number of para-hydroxylation sites is 1. The van der Waals surface area contributed by atoms with Crippen LogP contribution in [0.4, 0.5) is 5.69 Å². The van der Waals surface area contributed by atoms with Crippen LogP contribution in [0, 0.1) is 0 Å². The van der Waals surface area contributed by atoms with Crippen LogP contribution in [-0.2, 0) is 14.8 Å². The lowest BCUT2D eigenvalue weighted by Gasteiger charge is -2.20. The highest BCUT2D eigenvalue weighted by Gasteiger charge is 2.25. The van der Waals surface area contributed by atoms with Gasteiger partial charge in [0.15, 0.2) is 10.8 Å². The van der Waals surface area contributed by atoms with Crippen molar-refractivity contribution in [1.82, 2.24) is 18.9 Å². The molecule has 5 rings (SSSR count). The number of sulfonamides is 1. The molecule has 4 aromatic rings. The van der Waals surface area contributed by atoms with Gasteiger partial charge in [0.05, 0.1) is 10.4 Å². The summed E-state index contributed by atoms with van der Waals surface area (Å²) >= 11 is 1.48.